The smallest absolute Gasteiger partial charge is 0.223 e. The Hall–Kier alpha value is -1.43. The van der Waals surface area contributed by atoms with Gasteiger partial charge in [-0.25, -0.2) is 0 Å². The molecule has 0 spiro atoms. The first-order valence-electron chi connectivity index (χ1n) is 9.67. The van der Waals surface area contributed by atoms with Crippen molar-refractivity contribution in [2.45, 2.75) is 77.7 Å². The lowest BCUT2D eigenvalue weighted by atomic mass is 9.89. The maximum absolute atomic E-state index is 12.7. The van der Waals surface area contributed by atoms with E-state index in [2.05, 4.69) is 5.32 Å². The first-order chi connectivity index (χ1) is 11.8. The number of amides is 2. The van der Waals surface area contributed by atoms with Gasteiger partial charge in [-0.1, -0.05) is 26.7 Å². The minimum Gasteiger partial charge on any atom is -0.369 e. The summed E-state index contributed by atoms with van der Waals surface area (Å²) in [5.74, 6) is -0.713. The van der Waals surface area contributed by atoms with Gasteiger partial charge >= 0.3 is 0 Å². The number of hydrogen-bond donors (Lipinski definition) is 3. The lowest BCUT2D eigenvalue weighted by Crippen LogP contribution is -2.44. The number of hydrogen-bond acceptors (Lipinski definition) is 4. The Morgan fingerprint density at radius 1 is 1.12 bits per heavy atom. The molecule has 0 aromatic carbocycles. The van der Waals surface area contributed by atoms with Gasteiger partial charge in [0, 0.05) is 18.3 Å². The number of primary amides is 1. The summed E-state index contributed by atoms with van der Waals surface area (Å²) in [6.45, 7) is 4.57. The van der Waals surface area contributed by atoms with Crippen LogP contribution in [-0.4, -0.2) is 30.2 Å². The van der Waals surface area contributed by atoms with E-state index in [1.807, 2.05) is 13.8 Å². The van der Waals surface area contributed by atoms with Crippen molar-refractivity contribution in [3.8, 4) is 0 Å². The predicted molar refractivity (Wildman–Crippen MR) is 98.6 cm³/mol. The Morgan fingerprint density at radius 3 is 2.28 bits per heavy atom. The number of carbonyl (C=O) groups is 3. The molecule has 1 aliphatic rings. The molecular weight excluding hydrogens is 318 g/mol. The molecule has 0 aromatic heterocycles. The van der Waals surface area contributed by atoms with Crippen LogP contribution in [0.4, 0.5) is 0 Å². The summed E-state index contributed by atoms with van der Waals surface area (Å²) in [4.78, 5) is 36.8. The first-order valence-corrected chi connectivity index (χ1v) is 9.67. The van der Waals surface area contributed by atoms with Crippen LogP contribution in [0.15, 0.2) is 0 Å². The zero-order valence-electron chi connectivity index (χ0n) is 15.8. The van der Waals surface area contributed by atoms with E-state index >= 15 is 0 Å². The summed E-state index contributed by atoms with van der Waals surface area (Å²) in [5.41, 5.74) is 11.0. The quantitative estimate of drug-likeness (QED) is 0.465. The third kappa shape index (κ3) is 7.99. The van der Waals surface area contributed by atoms with E-state index in [0.717, 1.165) is 38.5 Å². The summed E-state index contributed by atoms with van der Waals surface area (Å²) in [5, 5.41) is 2.93. The third-order valence-corrected chi connectivity index (χ3v) is 4.98. The lowest BCUT2D eigenvalue weighted by Gasteiger charge is -2.22. The van der Waals surface area contributed by atoms with Gasteiger partial charge in [0.05, 0.1) is 6.04 Å². The molecule has 5 N–H and O–H groups in total. The highest BCUT2D eigenvalue weighted by molar-refractivity contribution is 5.92. The largest absolute Gasteiger partial charge is 0.369 e. The van der Waals surface area contributed by atoms with Crippen molar-refractivity contribution < 1.29 is 14.4 Å². The van der Waals surface area contributed by atoms with E-state index < -0.39 is 17.9 Å². The second kappa shape index (κ2) is 11.2. The molecule has 1 aliphatic carbocycles. The van der Waals surface area contributed by atoms with Crippen molar-refractivity contribution in [1.82, 2.24) is 5.32 Å². The van der Waals surface area contributed by atoms with Gasteiger partial charge < -0.3 is 16.8 Å². The monoisotopic (exact) mass is 353 g/mol. The van der Waals surface area contributed by atoms with Crippen LogP contribution in [0.5, 0.6) is 0 Å². The second-order valence-electron chi connectivity index (χ2n) is 7.73. The number of carbonyl (C=O) groups excluding carboxylic acids is 3. The van der Waals surface area contributed by atoms with Gasteiger partial charge in [0.15, 0.2) is 5.78 Å². The Morgan fingerprint density at radius 2 is 1.76 bits per heavy atom. The standard InChI is InChI=1S/C19H35N3O3/c1-13(2)11-15(18(21)24)12-17(23)16(9-5-6-10-20)22-19(25)14-7-3-4-8-14/h13-16H,3-12,20H2,1-2H3,(H2,21,24)(H,22,25)/t15-,16+/m1/s1. The Labute approximate surface area is 151 Å². The van der Waals surface area contributed by atoms with E-state index in [1.165, 1.54) is 0 Å². The predicted octanol–water partition coefficient (Wildman–Crippen LogP) is 1.90. The second-order valence-corrected chi connectivity index (χ2v) is 7.73. The molecule has 0 aromatic rings. The SMILES string of the molecule is CC(C)C[C@H](CC(=O)[C@H](CCCCN)NC(=O)C1CCCC1)C(N)=O. The molecule has 6 heteroatoms. The van der Waals surface area contributed by atoms with Gasteiger partial charge in [-0.05, 0) is 51.0 Å². The molecule has 2 atom stereocenters. The zero-order chi connectivity index (χ0) is 18.8. The topological polar surface area (TPSA) is 115 Å². The number of rotatable bonds is 12. The number of unbranched alkanes of at least 4 members (excludes halogenated alkanes) is 1. The molecule has 25 heavy (non-hydrogen) atoms. The van der Waals surface area contributed by atoms with Gasteiger partial charge in [-0.2, -0.15) is 0 Å². The molecular formula is C19H35N3O3. The summed E-state index contributed by atoms with van der Waals surface area (Å²) >= 11 is 0. The van der Waals surface area contributed by atoms with Crippen LogP contribution in [0.25, 0.3) is 0 Å². The maximum Gasteiger partial charge on any atom is 0.223 e. The average molecular weight is 354 g/mol. The third-order valence-electron chi connectivity index (χ3n) is 4.98. The van der Waals surface area contributed by atoms with Crippen LogP contribution in [0, 0.1) is 17.8 Å². The van der Waals surface area contributed by atoms with E-state index in [9.17, 15) is 14.4 Å². The minimum absolute atomic E-state index is 0.0207. The molecule has 144 valence electrons. The number of nitrogens with one attached hydrogen (secondary N) is 1. The van der Waals surface area contributed by atoms with E-state index in [-0.39, 0.29) is 29.9 Å². The summed E-state index contributed by atoms with van der Waals surface area (Å²) < 4.78 is 0. The van der Waals surface area contributed by atoms with Crippen molar-refractivity contribution in [2.24, 2.45) is 29.2 Å². The van der Waals surface area contributed by atoms with Crippen molar-refractivity contribution in [2.75, 3.05) is 6.54 Å². The molecule has 2 amide bonds. The van der Waals surface area contributed by atoms with Gasteiger partial charge in [0.25, 0.3) is 0 Å². The summed E-state index contributed by atoms with van der Waals surface area (Å²) in [7, 11) is 0. The molecule has 0 unspecified atom stereocenters. The molecule has 0 aliphatic heterocycles. The van der Waals surface area contributed by atoms with E-state index in [0.29, 0.717) is 19.4 Å². The fourth-order valence-corrected chi connectivity index (χ4v) is 3.54. The fraction of sp³-hybridized carbons (Fsp3) is 0.842. The van der Waals surface area contributed by atoms with Crippen LogP contribution in [0.2, 0.25) is 0 Å². The Bertz CT molecular complexity index is 445. The fourth-order valence-electron chi connectivity index (χ4n) is 3.54. The number of ketones is 1. The Balaban J connectivity index is 2.69. The van der Waals surface area contributed by atoms with Crippen molar-refractivity contribution >= 4 is 17.6 Å². The highest BCUT2D eigenvalue weighted by atomic mass is 16.2. The normalized spacial score (nSPS) is 17.4. The average Bonchev–Trinajstić information content (AvgIpc) is 3.07. The molecule has 0 saturated heterocycles. The molecule has 6 nitrogen and oxygen atoms in total. The van der Waals surface area contributed by atoms with Crippen LogP contribution in [0.3, 0.4) is 0 Å². The van der Waals surface area contributed by atoms with Gasteiger partial charge in [0.1, 0.15) is 0 Å². The lowest BCUT2D eigenvalue weighted by molar-refractivity contribution is -0.132. The van der Waals surface area contributed by atoms with Crippen molar-refractivity contribution in [3.63, 3.8) is 0 Å². The molecule has 0 radical (unpaired) electrons. The zero-order valence-corrected chi connectivity index (χ0v) is 15.8. The summed E-state index contributed by atoms with van der Waals surface area (Å²) in [6.07, 6.45) is 6.79. The molecule has 1 rings (SSSR count). The minimum atomic E-state index is -0.534. The maximum atomic E-state index is 12.7. The van der Waals surface area contributed by atoms with E-state index in [4.69, 9.17) is 11.5 Å². The molecule has 0 heterocycles. The van der Waals surface area contributed by atoms with Crippen LogP contribution in [-0.2, 0) is 14.4 Å². The number of Topliss-reactive ketones (excluding diaryl/α,β-unsaturated/α-hetero) is 1. The van der Waals surface area contributed by atoms with E-state index in [1.54, 1.807) is 0 Å². The molecule has 1 fully saturated rings. The molecule has 1 saturated carbocycles. The highest BCUT2D eigenvalue weighted by Crippen LogP contribution is 2.25. The van der Waals surface area contributed by atoms with Crippen molar-refractivity contribution in [3.05, 3.63) is 0 Å². The van der Waals surface area contributed by atoms with Gasteiger partial charge in [0.2, 0.25) is 11.8 Å². The van der Waals surface area contributed by atoms with Gasteiger partial charge in [-0.15, -0.1) is 0 Å². The van der Waals surface area contributed by atoms with Crippen LogP contribution < -0.4 is 16.8 Å². The van der Waals surface area contributed by atoms with Crippen molar-refractivity contribution in [1.29, 1.82) is 0 Å². The van der Waals surface area contributed by atoms with Crippen LogP contribution in [0.1, 0.15) is 71.6 Å². The number of nitrogens with two attached hydrogens (primary N) is 2. The molecule has 0 bridgehead atoms. The Kier molecular flexibility index (Phi) is 9.71. The van der Waals surface area contributed by atoms with Crippen LogP contribution >= 0.6 is 0 Å². The summed E-state index contributed by atoms with van der Waals surface area (Å²) in [6, 6.07) is -0.534. The first kappa shape index (κ1) is 21.6. The highest BCUT2D eigenvalue weighted by Gasteiger charge is 2.29. The van der Waals surface area contributed by atoms with Gasteiger partial charge in [-0.3, -0.25) is 14.4 Å².